The third-order valence-corrected chi connectivity index (χ3v) is 8.27. The number of carbonyl (C=O) groups excluding carboxylic acids is 4. The van der Waals surface area contributed by atoms with Crippen molar-refractivity contribution in [1.29, 1.82) is 0 Å². The third kappa shape index (κ3) is 10.4. The normalized spacial score (nSPS) is 13.8. The number of amides is 4. The predicted octanol–water partition coefficient (Wildman–Crippen LogP) is 1.58. The van der Waals surface area contributed by atoms with E-state index in [1.54, 1.807) is 36.4 Å². The highest BCUT2D eigenvalue weighted by atomic mass is 35.5. The van der Waals surface area contributed by atoms with Crippen molar-refractivity contribution >= 4 is 36.0 Å². The molecule has 12 nitrogen and oxygen atoms in total. The molecule has 0 spiro atoms. The predicted molar refractivity (Wildman–Crippen MR) is 187 cm³/mol. The number of nitrogens with zero attached hydrogens (tertiary/aromatic N) is 2. The average molecular weight is 671 g/mol. The van der Waals surface area contributed by atoms with Gasteiger partial charge in [-0.3, -0.25) is 29.0 Å². The minimum Gasteiger partial charge on any atom is -0.330 e. The molecule has 0 bridgehead atoms. The molecule has 47 heavy (non-hydrogen) atoms. The lowest BCUT2D eigenvalue weighted by atomic mass is 9.97. The highest BCUT2D eigenvalue weighted by Crippen LogP contribution is 2.32. The molecule has 2 aromatic carbocycles. The number of benzene rings is 2. The lowest BCUT2D eigenvalue weighted by Crippen LogP contribution is -2.33. The molecule has 0 saturated heterocycles. The number of rotatable bonds is 23. The van der Waals surface area contributed by atoms with E-state index in [2.05, 4.69) is 21.3 Å². The smallest absolute Gasteiger partial charge is 0.261 e. The van der Waals surface area contributed by atoms with Crippen molar-refractivity contribution < 1.29 is 19.2 Å². The van der Waals surface area contributed by atoms with Crippen LogP contribution >= 0.6 is 12.4 Å². The second kappa shape index (κ2) is 20.2. The fourth-order valence-electron chi connectivity index (χ4n) is 5.70. The first-order valence-corrected chi connectivity index (χ1v) is 16.7. The third-order valence-electron chi connectivity index (χ3n) is 8.27. The van der Waals surface area contributed by atoms with Gasteiger partial charge in [-0.15, -0.1) is 12.4 Å². The van der Waals surface area contributed by atoms with Gasteiger partial charge in [0.1, 0.15) is 0 Å². The number of nitrogens with two attached hydrogens (primary N) is 2. The Morgan fingerprint density at radius 3 is 1.13 bits per heavy atom. The summed E-state index contributed by atoms with van der Waals surface area (Å²) in [5.41, 5.74) is 13.9. The van der Waals surface area contributed by atoms with Gasteiger partial charge >= 0.3 is 0 Å². The van der Waals surface area contributed by atoms with Crippen molar-refractivity contribution in [3.05, 3.63) is 58.7 Å². The van der Waals surface area contributed by atoms with Crippen LogP contribution in [0.5, 0.6) is 0 Å². The van der Waals surface area contributed by atoms with E-state index in [-0.39, 0.29) is 36.0 Å². The lowest BCUT2D eigenvalue weighted by Gasteiger charge is -2.14. The van der Waals surface area contributed by atoms with Gasteiger partial charge in [0.2, 0.25) is 0 Å². The number of nitrogens with one attached hydrogen (secondary N) is 4. The standard InChI is InChI=1S/C34H50N8O4.ClH/c35-11-1-13-37-15-3-17-39-19-5-21-41-31(43)27-9-7-25(23-29(27)33(41)45)26-8-10-28-30(24-26)34(46)42(32(28)44)22-6-20-40-18-4-16-38-14-2-12-36;/h7-10,23-24,37-40H,1-6,11-22,35-36H2;1H. The second-order valence-corrected chi connectivity index (χ2v) is 11.7. The molecule has 4 rings (SSSR count). The molecule has 2 aliphatic rings. The van der Waals surface area contributed by atoms with Crippen molar-refractivity contribution in [2.24, 2.45) is 11.5 Å². The van der Waals surface area contributed by atoms with E-state index < -0.39 is 0 Å². The van der Waals surface area contributed by atoms with Gasteiger partial charge in [0.05, 0.1) is 22.3 Å². The summed E-state index contributed by atoms with van der Waals surface area (Å²) >= 11 is 0. The van der Waals surface area contributed by atoms with Crippen LogP contribution in [0.15, 0.2) is 36.4 Å². The Bertz CT molecular complexity index is 1260. The molecule has 2 heterocycles. The maximum atomic E-state index is 13.2. The van der Waals surface area contributed by atoms with Crippen molar-refractivity contribution in [2.45, 2.75) is 38.5 Å². The van der Waals surface area contributed by atoms with Crippen LogP contribution in [-0.4, -0.2) is 112 Å². The van der Waals surface area contributed by atoms with Gasteiger partial charge in [-0.2, -0.15) is 0 Å². The Morgan fingerprint density at radius 1 is 0.447 bits per heavy atom. The first-order chi connectivity index (χ1) is 22.5. The fraction of sp³-hybridized carbons (Fsp3) is 0.529. The molecule has 8 N–H and O–H groups in total. The largest absolute Gasteiger partial charge is 0.330 e. The van der Waals surface area contributed by atoms with Crippen LogP contribution < -0.4 is 32.7 Å². The molecule has 13 heteroatoms. The van der Waals surface area contributed by atoms with Gasteiger partial charge in [-0.1, -0.05) is 12.1 Å². The molecule has 0 fully saturated rings. The number of imide groups is 2. The SMILES string of the molecule is Cl.NCCCNCCCNCCCN1C(=O)c2ccc(-c3ccc4c(c3)C(=O)N(CCCNCCCNCCCN)C4=O)cc2C1=O. The van der Waals surface area contributed by atoms with E-state index in [4.69, 9.17) is 11.5 Å². The monoisotopic (exact) mass is 670 g/mol. The molecule has 0 radical (unpaired) electrons. The summed E-state index contributed by atoms with van der Waals surface area (Å²) in [4.78, 5) is 55.0. The van der Waals surface area contributed by atoms with Gasteiger partial charge in [-0.05, 0) is 139 Å². The second-order valence-electron chi connectivity index (χ2n) is 11.7. The van der Waals surface area contributed by atoms with Crippen LogP contribution in [0, 0.1) is 0 Å². The number of carbonyl (C=O) groups is 4. The van der Waals surface area contributed by atoms with E-state index in [9.17, 15) is 19.2 Å². The number of halogens is 1. The van der Waals surface area contributed by atoms with Crippen LogP contribution in [0.4, 0.5) is 0 Å². The van der Waals surface area contributed by atoms with E-state index in [1.165, 1.54) is 9.80 Å². The maximum absolute atomic E-state index is 13.2. The van der Waals surface area contributed by atoms with E-state index in [0.717, 1.165) is 65.0 Å². The van der Waals surface area contributed by atoms with Gasteiger partial charge in [0, 0.05) is 13.1 Å². The minimum absolute atomic E-state index is 0. The summed E-state index contributed by atoms with van der Waals surface area (Å²) in [7, 11) is 0. The van der Waals surface area contributed by atoms with Crippen molar-refractivity contribution in [2.75, 3.05) is 78.5 Å². The Kier molecular flexibility index (Phi) is 16.4. The van der Waals surface area contributed by atoms with Gasteiger partial charge < -0.3 is 32.7 Å². The zero-order valence-electron chi connectivity index (χ0n) is 27.3. The van der Waals surface area contributed by atoms with Gasteiger partial charge in [-0.25, -0.2) is 0 Å². The van der Waals surface area contributed by atoms with Crippen molar-refractivity contribution in [1.82, 2.24) is 31.1 Å². The Hall–Kier alpha value is -3.23. The topological polar surface area (TPSA) is 175 Å². The Labute approximate surface area is 284 Å². The molecule has 0 atom stereocenters. The van der Waals surface area contributed by atoms with Crippen LogP contribution in [-0.2, 0) is 0 Å². The first-order valence-electron chi connectivity index (χ1n) is 16.7. The molecule has 2 aliphatic heterocycles. The number of fused-ring (bicyclic) bond motifs is 2. The van der Waals surface area contributed by atoms with Crippen LogP contribution in [0.3, 0.4) is 0 Å². The molecular formula is C34H51ClN8O4. The molecule has 0 saturated carbocycles. The summed E-state index contributed by atoms with van der Waals surface area (Å²) in [5, 5.41) is 13.4. The van der Waals surface area contributed by atoms with Crippen LogP contribution in [0.25, 0.3) is 11.1 Å². The number of hydrogen-bond donors (Lipinski definition) is 6. The molecule has 0 aliphatic carbocycles. The first kappa shape index (κ1) is 38.2. The Morgan fingerprint density at radius 2 is 0.766 bits per heavy atom. The van der Waals surface area contributed by atoms with E-state index >= 15 is 0 Å². The molecule has 0 unspecified atom stereocenters. The van der Waals surface area contributed by atoms with Crippen molar-refractivity contribution in [3.8, 4) is 11.1 Å². The quantitative estimate of drug-likeness (QED) is 0.0752. The summed E-state index contributed by atoms with van der Waals surface area (Å²) in [6.07, 6.45) is 5.26. The Balaban J connectivity index is 0.00000600. The number of hydrogen-bond acceptors (Lipinski definition) is 10. The average Bonchev–Trinajstić information content (AvgIpc) is 3.45. The lowest BCUT2D eigenvalue weighted by molar-refractivity contribution is 0.0637. The summed E-state index contributed by atoms with van der Waals surface area (Å²) in [6, 6.07) is 10.4. The summed E-state index contributed by atoms with van der Waals surface area (Å²) in [6.45, 7) is 8.91. The van der Waals surface area contributed by atoms with Gasteiger partial charge in [0.15, 0.2) is 0 Å². The molecule has 2 aromatic rings. The summed E-state index contributed by atoms with van der Waals surface area (Å²) in [5.74, 6) is -1.17. The maximum Gasteiger partial charge on any atom is 0.261 e. The zero-order chi connectivity index (χ0) is 32.7. The molecule has 0 aromatic heterocycles. The highest BCUT2D eigenvalue weighted by molar-refractivity contribution is 6.23. The highest BCUT2D eigenvalue weighted by Gasteiger charge is 2.37. The van der Waals surface area contributed by atoms with Crippen LogP contribution in [0.2, 0.25) is 0 Å². The summed E-state index contributed by atoms with van der Waals surface area (Å²) < 4.78 is 0. The zero-order valence-corrected chi connectivity index (χ0v) is 28.1. The van der Waals surface area contributed by atoms with Crippen LogP contribution in [0.1, 0.15) is 80.0 Å². The van der Waals surface area contributed by atoms with E-state index in [0.29, 0.717) is 85.5 Å². The minimum atomic E-state index is -0.305. The fourth-order valence-corrected chi connectivity index (χ4v) is 5.70. The molecule has 4 amide bonds. The molecular weight excluding hydrogens is 620 g/mol. The van der Waals surface area contributed by atoms with E-state index in [1.807, 2.05) is 0 Å². The van der Waals surface area contributed by atoms with Crippen molar-refractivity contribution in [3.63, 3.8) is 0 Å². The van der Waals surface area contributed by atoms with Gasteiger partial charge in [0.25, 0.3) is 23.6 Å². The molecule has 258 valence electrons.